The van der Waals surface area contributed by atoms with Crippen LogP contribution in [-0.2, 0) is 20.8 Å². The number of nitrogens with one attached hydrogen (secondary N) is 2. The molecule has 0 aliphatic heterocycles. The summed E-state index contributed by atoms with van der Waals surface area (Å²) < 4.78 is 0. The van der Waals surface area contributed by atoms with E-state index in [1.165, 1.54) is 11.8 Å². The molecule has 0 unspecified atom stereocenters. The Bertz CT molecular complexity index is 599. The lowest BCUT2D eigenvalue weighted by Crippen LogP contribution is -2.55. The molecule has 0 saturated carbocycles. The summed E-state index contributed by atoms with van der Waals surface area (Å²) in [5.41, 5.74) is 6.28. The number of hydrogen-bond donors (Lipinski definition) is 5. The minimum atomic E-state index is -1.16. The van der Waals surface area contributed by atoms with Crippen LogP contribution < -0.4 is 16.4 Å². The van der Waals surface area contributed by atoms with Crippen molar-refractivity contribution in [1.82, 2.24) is 10.6 Å². The van der Waals surface area contributed by atoms with Crippen molar-refractivity contribution in [2.24, 2.45) is 5.73 Å². The van der Waals surface area contributed by atoms with Crippen molar-refractivity contribution in [2.45, 2.75) is 31.0 Å². The van der Waals surface area contributed by atoms with Gasteiger partial charge in [-0.15, -0.1) is 0 Å². The number of rotatable bonds is 11. The number of carboxylic acid groups (broad SMARTS) is 1. The van der Waals surface area contributed by atoms with Crippen molar-refractivity contribution in [3.63, 3.8) is 0 Å². The highest BCUT2D eigenvalue weighted by Gasteiger charge is 2.27. The van der Waals surface area contributed by atoms with Gasteiger partial charge in [-0.2, -0.15) is 11.8 Å². The van der Waals surface area contributed by atoms with Crippen molar-refractivity contribution in [2.75, 3.05) is 18.6 Å². The highest BCUT2D eigenvalue weighted by Crippen LogP contribution is 2.06. The molecule has 0 radical (unpaired) electrons. The standard InChI is InChI=1S/C17H25N3O5S/c1-26-8-7-13(17(24)25)19-16(23)14(20-15(22)12(18)10-21)9-11-5-3-2-4-6-11/h2-6,12-14,21H,7-10,18H2,1H3,(H,19,23)(H,20,22)(H,24,25)/t12-,13-,14-/m0/s1. The number of hydrogen-bond acceptors (Lipinski definition) is 6. The van der Waals surface area contributed by atoms with E-state index < -0.39 is 42.5 Å². The number of nitrogens with two attached hydrogens (primary N) is 1. The summed E-state index contributed by atoms with van der Waals surface area (Å²) in [6.45, 7) is -0.559. The summed E-state index contributed by atoms with van der Waals surface area (Å²) in [5, 5.41) is 23.2. The second-order valence-corrected chi connectivity index (χ2v) is 6.71. The molecule has 144 valence electrons. The maximum Gasteiger partial charge on any atom is 0.326 e. The number of carbonyl (C=O) groups excluding carboxylic acids is 2. The Kier molecular flexibility index (Phi) is 9.71. The van der Waals surface area contributed by atoms with E-state index in [2.05, 4.69) is 10.6 Å². The van der Waals surface area contributed by atoms with Gasteiger partial charge in [-0.3, -0.25) is 9.59 Å². The second kappa shape index (κ2) is 11.5. The Hall–Kier alpha value is -2.10. The molecule has 0 aliphatic rings. The molecule has 0 heterocycles. The largest absolute Gasteiger partial charge is 0.480 e. The summed E-state index contributed by atoms with van der Waals surface area (Å²) in [6, 6.07) is 5.79. The van der Waals surface area contributed by atoms with Gasteiger partial charge in [0.2, 0.25) is 11.8 Å². The molecule has 3 atom stereocenters. The number of aliphatic hydroxyl groups is 1. The third-order valence-corrected chi connectivity index (χ3v) is 4.32. The number of thioether (sulfide) groups is 1. The maximum absolute atomic E-state index is 12.6. The van der Waals surface area contributed by atoms with E-state index in [9.17, 15) is 19.5 Å². The number of carbonyl (C=O) groups is 3. The number of aliphatic carboxylic acids is 1. The van der Waals surface area contributed by atoms with Gasteiger partial charge >= 0.3 is 5.97 Å². The molecule has 6 N–H and O–H groups in total. The maximum atomic E-state index is 12.6. The lowest BCUT2D eigenvalue weighted by atomic mass is 10.0. The summed E-state index contributed by atoms with van der Waals surface area (Å²) >= 11 is 1.47. The van der Waals surface area contributed by atoms with Crippen molar-refractivity contribution in [3.8, 4) is 0 Å². The molecule has 0 aromatic heterocycles. The van der Waals surface area contributed by atoms with Crippen LogP contribution in [0.4, 0.5) is 0 Å². The van der Waals surface area contributed by atoms with Gasteiger partial charge in [0.05, 0.1) is 6.61 Å². The molecule has 8 nitrogen and oxygen atoms in total. The topological polar surface area (TPSA) is 142 Å². The quantitative estimate of drug-likeness (QED) is 0.342. The average Bonchev–Trinajstić information content (AvgIpc) is 2.64. The first-order valence-electron chi connectivity index (χ1n) is 8.11. The molecule has 2 amide bonds. The van der Waals surface area contributed by atoms with Crippen LogP contribution in [0, 0.1) is 0 Å². The van der Waals surface area contributed by atoms with Crippen LogP contribution in [0.15, 0.2) is 30.3 Å². The van der Waals surface area contributed by atoms with Gasteiger partial charge in [0.15, 0.2) is 0 Å². The summed E-state index contributed by atoms with van der Waals surface area (Å²) in [5.74, 6) is -1.85. The van der Waals surface area contributed by atoms with Crippen LogP contribution in [0.5, 0.6) is 0 Å². The van der Waals surface area contributed by atoms with Crippen LogP contribution in [0.25, 0.3) is 0 Å². The number of aliphatic hydroxyl groups excluding tert-OH is 1. The molecule has 1 aromatic rings. The van der Waals surface area contributed by atoms with E-state index in [0.29, 0.717) is 5.75 Å². The van der Waals surface area contributed by atoms with Gasteiger partial charge in [-0.05, 0) is 24.0 Å². The molecule has 9 heteroatoms. The number of carboxylic acids is 1. The Labute approximate surface area is 156 Å². The van der Waals surface area contributed by atoms with Gasteiger partial charge in [-0.25, -0.2) is 4.79 Å². The monoisotopic (exact) mass is 383 g/mol. The first-order valence-corrected chi connectivity index (χ1v) is 9.51. The smallest absolute Gasteiger partial charge is 0.326 e. The molecular weight excluding hydrogens is 358 g/mol. The fourth-order valence-corrected chi connectivity index (χ4v) is 2.66. The lowest BCUT2D eigenvalue weighted by Gasteiger charge is -2.22. The molecule has 26 heavy (non-hydrogen) atoms. The molecule has 1 rings (SSSR count). The first kappa shape index (κ1) is 21.9. The minimum Gasteiger partial charge on any atom is -0.480 e. The lowest BCUT2D eigenvalue weighted by molar-refractivity contribution is -0.142. The summed E-state index contributed by atoms with van der Waals surface area (Å²) in [6.07, 6.45) is 2.28. The van der Waals surface area contributed by atoms with E-state index in [1.54, 1.807) is 24.3 Å². The Morgan fingerprint density at radius 2 is 1.73 bits per heavy atom. The van der Waals surface area contributed by atoms with Crippen molar-refractivity contribution in [1.29, 1.82) is 0 Å². The Morgan fingerprint density at radius 3 is 2.27 bits per heavy atom. The molecule has 0 fully saturated rings. The van der Waals surface area contributed by atoms with Gasteiger partial charge in [0.1, 0.15) is 18.1 Å². The normalized spacial score (nSPS) is 14.1. The van der Waals surface area contributed by atoms with Gasteiger partial charge in [-0.1, -0.05) is 30.3 Å². The molecule has 0 bridgehead atoms. The minimum absolute atomic E-state index is 0.172. The highest BCUT2D eigenvalue weighted by molar-refractivity contribution is 7.98. The van der Waals surface area contributed by atoms with E-state index in [4.69, 9.17) is 10.8 Å². The zero-order valence-corrected chi connectivity index (χ0v) is 15.4. The predicted octanol–water partition coefficient (Wildman–Crippen LogP) is -0.644. The average molecular weight is 383 g/mol. The van der Waals surface area contributed by atoms with E-state index in [1.807, 2.05) is 12.3 Å². The predicted molar refractivity (Wildman–Crippen MR) is 99.7 cm³/mol. The molecule has 0 spiro atoms. The zero-order chi connectivity index (χ0) is 19.5. The SMILES string of the molecule is CSCC[C@H](NC(=O)[C@H](Cc1ccccc1)NC(=O)[C@@H](N)CO)C(=O)O. The summed E-state index contributed by atoms with van der Waals surface area (Å²) in [4.78, 5) is 35.9. The fourth-order valence-electron chi connectivity index (χ4n) is 2.19. The van der Waals surface area contributed by atoms with Gasteiger partial charge < -0.3 is 26.6 Å². The molecule has 0 saturated heterocycles. The van der Waals surface area contributed by atoms with Gasteiger partial charge in [0.25, 0.3) is 0 Å². The van der Waals surface area contributed by atoms with Crippen molar-refractivity contribution in [3.05, 3.63) is 35.9 Å². The zero-order valence-electron chi connectivity index (χ0n) is 14.6. The Morgan fingerprint density at radius 1 is 1.12 bits per heavy atom. The highest BCUT2D eigenvalue weighted by atomic mass is 32.2. The van der Waals surface area contributed by atoms with Crippen LogP contribution >= 0.6 is 11.8 Å². The number of benzene rings is 1. The van der Waals surface area contributed by atoms with Crippen molar-refractivity contribution < 1.29 is 24.6 Å². The Balaban J connectivity index is 2.88. The van der Waals surface area contributed by atoms with Crippen LogP contribution in [0.1, 0.15) is 12.0 Å². The van der Waals surface area contributed by atoms with E-state index >= 15 is 0 Å². The van der Waals surface area contributed by atoms with Crippen LogP contribution in [0.3, 0.4) is 0 Å². The van der Waals surface area contributed by atoms with E-state index in [-0.39, 0.29) is 12.8 Å². The third-order valence-electron chi connectivity index (χ3n) is 3.67. The number of amides is 2. The van der Waals surface area contributed by atoms with Crippen molar-refractivity contribution >= 4 is 29.5 Å². The third kappa shape index (κ3) is 7.42. The molecule has 0 aliphatic carbocycles. The summed E-state index contributed by atoms with van der Waals surface area (Å²) in [7, 11) is 0. The van der Waals surface area contributed by atoms with Crippen LogP contribution in [-0.4, -0.2) is 64.7 Å². The second-order valence-electron chi connectivity index (χ2n) is 5.72. The van der Waals surface area contributed by atoms with Gasteiger partial charge in [0, 0.05) is 6.42 Å². The van der Waals surface area contributed by atoms with E-state index in [0.717, 1.165) is 5.56 Å². The molecular formula is C17H25N3O5S. The first-order chi connectivity index (χ1) is 12.4. The fraction of sp³-hybridized carbons (Fsp3) is 0.471. The van der Waals surface area contributed by atoms with Crippen LogP contribution in [0.2, 0.25) is 0 Å². The molecule has 1 aromatic carbocycles.